The Hall–Kier alpha value is -1.91. The predicted molar refractivity (Wildman–Crippen MR) is 61.5 cm³/mol. The lowest BCUT2D eigenvalue weighted by atomic mass is 10.0. The molecule has 0 unspecified atom stereocenters. The van der Waals surface area contributed by atoms with E-state index in [0.717, 1.165) is 19.3 Å². The summed E-state index contributed by atoms with van der Waals surface area (Å²) in [5.41, 5.74) is 0.491. The smallest absolute Gasteiger partial charge is 0.258 e. The third kappa shape index (κ3) is 1.58. The monoisotopic (exact) mass is 231 g/mol. The molecule has 1 N–H and O–H groups in total. The van der Waals surface area contributed by atoms with Crippen molar-refractivity contribution in [2.24, 2.45) is 0 Å². The Bertz CT molecular complexity index is 486. The summed E-state index contributed by atoms with van der Waals surface area (Å²) in [6, 6.07) is 3.10. The molecule has 2 aliphatic rings. The number of nitrogens with zero attached hydrogens (tertiary/aromatic N) is 2. The van der Waals surface area contributed by atoms with Crippen molar-refractivity contribution in [1.82, 2.24) is 9.88 Å². The number of anilines is 1. The van der Waals surface area contributed by atoms with Crippen molar-refractivity contribution in [2.75, 3.05) is 11.9 Å². The summed E-state index contributed by atoms with van der Waals surface area (Å²) >= 11 is 0. The second-order valence-corrected chi connectivity index (χ2v) is 4.40. The molecule has 0 aromatic carbocycles. The molecule has 1 aromatic rings. The first kappa shape index (κ1) is 10.3. The highest BCUT2D eigenvalue weighted by Crippen LogP contribution is 2.26. The van der Waals surface area contributed by atoms with E-state index >= 15 is 0 Å². The van der Waals surface area contributed by atoms with Crippen LogP contribution in [0.5, 0.6) is 0 Å². The number of pyridine rings is 1. The van der Waals surface area contributed by atoms with E-state index < -0.39 is 0 Å². The Morgan fingerprint density at radius 3 is 3.12 bits per heavy atom. The number of nitrogens with one attached hydrogen (secondary N) is 1. The van der Waals surface area contributed by atoms with Gasteiger partial charge < -0.3 is 10.2 Å². The van der Waals surface area contributed by atoms with Gasteiger partial charge in [0.1, 0.15) is 11.9 Å². The summed E-state index contributed by atoms with van der Waals surface area (Å²) < 4.78 is 0. The molecule has 1 saturated heterocycles. The molecule has 1 atom stereocenters. The number of fused-ring (bicyclic) bond motifs is 2. The maximum absolute atomic E-state index is 12.3. The van der Waals surface area contributed by atoms with E-state index in [1.54, 1.807) is 23.2 Å². The minimum Gasteiger partial charge on any atom is -0.326 e. The van der Waals surface area contributed by atoms with Crippen LogP contribution in [0.15, 0.2) is 18.3 Å². The van der Waals surface area contributed by atoms with E-state index in [4.69, 9.17) is 0 Å². The number of hydrogen-bond acceptors (Lipinski definition) is 3. The molecule has 0 aliphatic carbocycles. The number of amides is 2. The van der Waals surface area contributed by atoms with Crippen LogP contribution in [-0.4, -0.2) is 34.3 Å². The number of carbonyl (C=O) groups excluding carboxylic acids is 2. The standard InChI is InChI=1S/C12H13N3O2/c16-11-9-5-1-2-7-15(9)12(17)8-4-3-6-13-10(8)14-11/h3-4,6,9H,1-2,5,7H2,(H,13,14,16)/t9-/m0/s1. The molecule has 1 aromatic heterocycles. The fraction of sp³-hybridized carbons (Fsp3) is 0.417. The summed E-state index contributed by atoms with van der Waals surface area (Å²) in [6.45, 7) is 0.658. The summed E-state index contributed by atoms with van der Waals surface area (Å²) in [4.78, 5) is 30.1. The van der Waals surface area contributed by atoms with Crippen LogP contribution in [0.1, 0.15) is 29.6 Å². The zero-order valence-corrected chi connectivity index (χ0v) is 9.35. The van der Waals surface area contributed by atoms with Gasteiger partial charge in [-0.05, 0) is 31.4 Å². The van der Waals surface area contributed by atoms with Crippen molar-refractivity contribution in [1.29, 1.82) is 0 Å². The third-order valence-corrected chi connectivity index (χ3v) is 3.35. The van der Waals surface area contributed by atoms with Crippen LogP contribution in [-0.2, 0) is 4.79 Å². The topological polar surface area (TPSA) is 62.3 Å². The molecule has 0 spiro atoms. The lowest BCUT2D eigenvalue weighted by Gasteiger charge is -2.32. The molecule has 5 heteroatoms. The quantitative estimate of drug-likeness (QED) is 0.725. The highest BCUT2D eigenvalue weighted by atomic mass is 16.2. The average molecular weight is 231 g/mol. The first-order valence-corrected chi connectivity index (χ1v) is 5.84. The Morgan fingerprint density at radius 2 is 2.24 bits per heavy atom. The van der Waals surface area contributed by atoms with E-state index in [1.165, 1.54) is 0 Å². The van der Waals surface area contributed by atoms with Crippen molar-refractivity contribution in [2.45, 2.75) is 25.3 Å². The zero-order chi connectivity index (χ0) is 11.8. The summed E-state index contributed by atoms with van der Waals surface area (Å²) in [5.74, 6) is 0.184. The normalized spacial score (nSPS) is 23.5. The van der Waals surface area contributed by atoms with Gasteiger partial charge in [-0.1, -0.05) is 0 Å². The van der Waals surface area contributed by atoms with Crippen LogP contribution in [0.2, 0.25) is 0 Å². The van der Waals surface area contributed by atoms with Gasteiger partial charge in [-0.25, -0.2) is 4.98 Å². The van der Waals surface area contributed by atoms with Crippen LogP contribution in [0, 0.1) is 0 Å². The van der Waals surface area contributed by atoms with Gasteiger partial charge >= 0.3 is 0 Å². The molecule has 5 nitrogen and oxygen atoms in total. The van der Waals surface area contributed by atoms with Crippen molar-refractivity contribution >= 4 is 17.6 Å². The predicted octanol–water partition coefficient (Wildman–Crippen LogP) is 1.03. The maximum atomic E-state index is 12.3. The van der Waals surface area contributed by atoms with Crippen LogP contribution < -0.4 is 5.32 Å². The molecule has 88 valence electrons. The van der Waals surface area contributed by atoms with Crippen LogP contribution in [0.25, 0.3) is 0 Å². The lowest BCUT2D eigenvalue weighted by molar-refractivity contribution is -0.121. The second-order valence-electron chi connectivity index (χ2n) is 4.40. The molecular weight excluding hydrogens is 218 g/mol. The Kier molecular flexibility index (Phi) is 2.31. The van der Waals surface area contributed by atoms with Crippen molar-refractivity contribution in [3.63, 3.8) is 0 Å². The second kappa shape index (κ2) is 3.84. The van der Waals surface area contributed by atoms with Gasteiger partial charge in [0, 0.05) is 12.7 Å². The number of rotatable bonds is 0. The van der Waals surface area contributed by atoms with Crippen molar-refractivity contribution in [3.05, 3.63) is 23.9 Å². The Balaban J connectivity index is 2.07. The number of hydrogen-bond donors (Lipinski definition) is 1. The largest absolute Gasteiger partial charge is 0.326 e. The molecule has 3 heterocycles. The first-order valence-electron chi connectivity index (χ1n) is 5.84. The van der Waals surface area contributed by atoms with Crippen LogP contribution >= 0.6 is 0 Å². The van der Waals surface area contributed by atoms with Gasteiger partial charge in [-0.2, -0.15) is 0 Å². The number of aromatic nitrogens is 1. The molecule has 1 fully saturated rings. The number of carbonyl (C=O) groups is 2. The highest BCUT2D eigenvalue weighted by Gasteiger charge is 2.36. The van der Waals surface area contributed by atoms with E-state index in [2.05, 4.69) is 10.3 Å². The molecule has 2 aliphatic heterocycles. The fourth-order valence-corrected chi connectivity index (χ4v) is 2.48. The molecule has 0 bridgehead atoms. The molecule has 2 amide bonds. The summed E-state index contributed by atoms with van der Waals surface area (Å²) in [7, 11) is 0. The summed E-state index contributed by atoms with van der Waals surface area (Å²) in [6.07, 6.45) is 4.28. The molecule has 0 radical (unpaired) electrons. The van der Waals surface area contributed by atoms with E-state index in [1.807, 2.05) is 0 Å². The van der Waals surface area contributed by atoms with Gasteiger partial charge in [0.15, 0.2) is 0 Å². The van der Waals surface area contributed by atoms with Gasteiger partial charge in [-0.15, -0.1) is 0 Å². The van der Waals surface area contributed by atoms with Gasteiger partial charge in [0.2, 0.25) is 5.91 Å². The van der Waals surface area contributed by atoms with Gasteiger partial charge in [0.25, 0.3) is 5.91 Å². The summed E-state index contributed by atoms with van der Waals surface area (Å²) in [5, 5.41) is 2.74. The molecule has 3 rings (SSSR count). The first-order chi connectivity index (χ1) is 8.27. The SMILES string of the molecule is O=C1Nc2ncccc2C(=O)N2CCCC[C@@H]12. The van der Waals surface area contributed by atoms with Gasteiger partial charge in [-0.3, -0.25) is 9.59 Å². The lowest BCUT2D eigenvalue weighted by Crippen LogP contribution is -2.47. The third-order valence-electron chi connectivity index (χ3n) is 3.35. The average Bonchev–Trinajstić information content (AvgIpc) is 2.48. The zero-order valence-electron chi connectivity index (χ0n) is 9.35. The highest BCUT2D eigenvalue weighted by molar-refractivity contribution is 6.08. The number of piperidine rings is 1. The van der Waals surface area contributed by atoms with Gasteiger partial charge in [0.05, 0.1) is 5.56 Å². The van der Waals surface area contributed by atoms with E-state index in [9.17, 15) is 9.59 Å². The molecular formula is C12H13N3O2. The Labute approximate surface area is 98.8 Å². The molecule has 17 heavy (non-hydrogen) atoms. The maximum Gasteiger partial charge on any atom is 0.258 e. The van der Waals surface area contributed by atoms with E-state index in [0.29, 0.717) is 17.9 Å². The van der Waals surface area contributed by atoms with Crippen molar-refractivity contribution in [3.8, 4) is 0 Å². The van der Waals surface area contributed by atoms with Crippen molar-refractivity contribution < 1.29 is 9.59 Å². The minimum atomic E-state index is -0.328. The van der Waals surface area contributed by atoms with Crippen LogP contribution in [0.3, 0.4) is 0 Å². The minimum absolute atomic E-state index is 0.0869. The van der Waals surface area contributed by atoms with Crippen LogP contribution in [0.4, 0.5) is 5.82 Å². The Morgan fingerprint density at radius 1 is 1.35 bits per heavy atom. The van der Waals surface area contributed by atoms with E-state index in [-0.39, 0.29) is 17.9 Å². The fourth-order valence-electron chi connectivity index (χ4n) is 2.48. The molecule has 0 saturated carbocycles.